The van der Waals surface area contributed by atoms with Gasteiger partial charge in [0.15, 0.2) is 0 Å². The Morgan fingerprint density at radius 3 is 2.83 bits per heavy atom. The van der Waals surface area contributed by atoms with E-state index in [1.54, 1.807) is 36.4 Å². The zero-order valence-corrected chi connectivity index (χ0v) is 12.0. The topological polar surface area (TPSA) is 77.4 Å². The minimum Gasteiger partial charge on any atom is -0.846 e. The molecule has 3 aromatic rings. The molecule has 0 aliphatic heterocycles. The summed E-state index contributed by atoms with van der Waals surface area (Å²) < 4.78 is 19.5. The van der Waals surface area contributed by atoms with Gasteiger partial charge in [0.2, 0.25) is 11.8 Å². The van der Waals surface area contributed by atoms with E-state index < -0.39 is 6.02 Å². The van der Waals surface area contributed by atoms with E-state index in [0.717, 1.165) is 5.56 Å². The number of nitrogens with zero attached hydrogens (tertiary/aromatic N) is 3. The molecule has 1 aromatic heterocycles. The Bertz CT molecular complexity index is 818. The van der Waals surface area contributed by atoms with E-state index in [1.165, 1.54) is 23.0 Å². The molecule has 0 aliphatic rings. The molecule has 0 radical (unpaired) electrons. The molecule has 1 heterocycles. The molecule has 0 spiro atoms. The van der Waals surface area contributed by atoms with Gasteiger partial charge in [-0.3, -0.25) is 4.52 Å². The van der Waals surface area contributed by atoms with Gasteiger partial charge in [-0.15, -0.1) is 0 Å². The highest BCUT2D eigenvalue weighted by molar-refractivity contribution is 5.86. The maximum Gasteiger partial charge on any atom is 0.322 e. The first-order valence-electron chi connectivity index (χ1n) is 6.88. The highest BCUT2D eigenvalue weighted by atomic mass is 19.1. The van der Waals surface area contributed by atoms with Gasteiger partial charge in [0.1, 0.15) is 5.82 Å². The number of amidine groups is 1. The highest BCUT2D eigenvalue weighted by Crippen LogP contribution is 2.09. The standard InChI is InChI=1S/C16H13FN4O2/c17-13-6-4-5-12(9-13)10-21-11-15(23-20-21)19-16(22)18-14-7-2-1-3-8-14/h1-9,11H,10H2,(H-,18,19,20,22). The largest absolute Gasteiger partial charge is 0.846 e. The predicted molar refractivity (Wildman–Crippen MR) is 79.4 cm³/mol. The fraction of sp³-hybridized carbons (Fsp3) is 0.0625. The quantitative estimate of drug-likeness (QED) is 0.451. The second-order valence-electron chi connectivity index (χ2n) is 4.78. The molecule has 0 amide bonds. The maximum atomic E-state index is 13.1. The monoisotopic (exact) mass is 312 g/mol. The molecule has 0 bridgehead atoms. The average Bonchev–Trinajstić information content (AvgIpc) is 2.95. The Morgan fingerprint density at radius 2 is 2.04 bits per heavy atom. The zero-order valence-electron chi connectivity index (χ0n) is 12.0. The van der Waals surface area contributed by atoms with Crippen LogP contribution in [0.25, 0.3) is 0 Å². The van der Waals surface area contributed by atoms with Gasteiger partial charge >= 0.3 is 5.88 Å². The van der Waals surface area contributed by atoms with Crippen LogP contribution in [0.2, 0.25) is 0 Å². The minimum absolute atomic E-state index is 0.0647. The smallest absolute Gasteiger partial charge is 0.322 e. The van der Waals surface area contributed by atoms with Gasteiger partial charge in [0.05, 0.1) is 6.02 Å². The van der Waals surface area contributed by atoms with Crippen molar-refractivity contribution in [2.24, 2.45) is 4.99 Å². The van der Waals surface area contributed by atoms with Gasteiger partial charge in [-0.2, -0.15) is 0 Å². The lowest BCUT2D eigenvalue weighted by molar-refractivity contribution is -0.754. The Morgan fingerprint density at radius 1 is 1.22 bits per heavy atom. The number of halogens is 1. The van der Waals surface area contributed by atoms with Crippen molar-refractivity contribution < 1.29 is 18.7 Å². The van der Waals surface area contributed by atoms with E-state index in [2.05, 4.69) is 15.6 Å². The Kier molecular flexibility index (Phi) is 4.28. The SMILES string of the molecule is [O-]/C(=N\c1c[n+](Cc2cccc(F)c2)no1)Nc1ccccc1. The summed E-state index contributed by atoms with van der Waals surface area (Å²) >= 11 is 0. The molecular formula is C16H13FN4O2. The molecule has 6 nitrogen and oxygen atoms in total. The Hall–Kier alpha value is -3.22. The fourth-order valence-corrected chi connectivity index (χ4v) is 1.99. The summed E-state index contributed by atoms with van der Waals surface area (Å²) in [4.78, 5) is 3.76. The van der Waals surface area contributed by atoms with E-state index in [0.29, 0.717) is 12.2 Å². The number of aliphatic imine (C=N–C) groups is 1. The van der Waals surface area contributed by atoms with Crippen molar-refractivity contribution in [3.8, 4) is 0 Å². The third-order valence-corrected chi connectivity index (χ3v) is 2.97. The van der Waals surface area contributed by atoms with Gasteiger partial charge < -0.3 is 10.4 Å². The lowest BCUT2D eigenvalue weighted by atomic mass is 10.2. The highest BCUT2D eigenvalue weighted by Gasteiger charge is 2.11. The summed E-state index contributed by atoms with van der Waals surface area (Å²) in [5, 5.41) is 18.1. The summed E-state index contributed by atoms with van der Waals surface area (Å²) in [6.45, 7) is 0.317. The molecule has 0 aliphatic carbocycles. The molecule has 1 N–H and O–H groups in total. The summed E-state index contributed by atoms with van der Waals surface area (Å²) in [5.41, 5.74) is 1.36. The number of benzene rings is 2. The van der Waals surface area contributed by atoms with E-state index in [9.17, 15) is 9.50 Å². The van der Waals surface area contributed by atoms with Crippen molar-refractivity contribution >= 4 is 17.6 Å². The van der Waals surface area contributed by atoms with Crippen molar-refractivity contribution in [1.29, 1.82) is 0 Å². The number of anilines is 1. The van der Waals surface area contributed by atoms with Crippen LogP contribution in [-0.4, -0.2) is 11.3 Å². The molecule has 7 heteroatoms. The van der Waals surface area contributed by atoms with Crippen LogP contribution in [0.5, 0.6) is 0 Å². The van der Waals surface area contributed by atoms with E-state index in [1.807, 2.05) is 6.07 Å². The number of aromatic nitrogens is 2. The van der Waals surface area contributed by atoms with Crippen LogP contribution >= 0.6 is 0 Å². The van der Waals surface area contributed by atoms with Crippen molar-refractivity contribution in [2.45, 2.75) is 6.54 Å². The number of hydrogen-bond donors (Lipinski definition) is 1. The number of hydrogen-bond acceptors (Lipinski definition) is 4. The maximum absolute atomic E-state index is 13.1. The number of nitrogens with one attached hydrogen (secondary N) is 1. The fourth-order valence-electron chi connectivity index (χ4n) is 1.99. The molecule has 2 aromatic carbocycles. The first-order chi connectivity index (χ1) is 11.2. The minimum atomic E-state index is -0.565. The van der Waals surface area contributed by atoms with Crippen molar-refractivity contribution in [3.63, 3.8) is 0 Å². The second kappa shape index (κ2) is 6.69. The lowest BCUT2D eigenvalue weighted by Crippen LogP contribution is -2.35. The molecule has 23 heavy (non-hydrogen) atoms. The van der Waals surface area contributed by atoms with Crippen LogP contribution in [0.15, 0.2) is 70.3 Å². The molecule has 0 unspecified atom stereocenters. The Balaban J connectivity index is 1.68. The van der Waals surface area contributed by atoms with Gasteiger partial charge in [-0.05, 0) is 28.9 Å². The van der Waals surface area contributed by atoms with E-state index in [4.69, 9.17) is 4.52 Å². The van der Waals surface area contributed by atoms with Crippen LogP contribution in [-0.2, 0) is 6.54 Å². The summed E-state index contributed by atoms with van der Waals surface area (Å²) in [6, 6.07) is 14.5. The number of para-hydroxylation sites is 1. The average molecular weight is 312 g/mol. The first-order valence-corrected chi connectivity index (χ1v) is 6.88. The third kappa shape index (κ3) is 4.13. The van der Waals surface area contributed by atoms with Crippen molar-refractivity contribution in [2.75, 3.05) is 5.32 Å². The van der Waals surface area contributed by atoms with Crippen molar-refractivity contribution in [3.05, 3.63) is 72.2 Å². The lowest BCUT2D eigenvalue weighted by Gasteiger charge is -2.11. The van der Waals surface area contributed by atoms with Crippen LogP contribution in [0.3, 0.4) is 0 Å². The number of rotatable bonds is 4. The summed E-state index contributed by atoms with van der Waals surface area (Å²) in [5.74, 6) is -0.256. The van der Waals surface area contributed by atoms with Gasteiger partial charge in [0.25, 0.3) is 6.20 Å². The summed E-state index contributed by atoms with van der Waals surface area (Å²) in [6.07, 6.45) is 1.47. The van der Waals surface area contributed by atoms with Crippen LogP contribution in [0.1, 0.15) is 5.56 Å². The predicted octanol–water partition coefficient (Wildman–Crippen LogP) is 1.61. The third-order valence-electron chi connectivity index (χ3n) is 2.97. The van der Waals surface area contributed by atoms with Gasteiger partial charge in [0, 0.05) is 11.3 Å². The molecule has 116 valence electrons. The molecule has 0 saturated heterocycles. The van der Waals surface area contributed by atoms with Crippen LogP contribution in [0.4, 0.5) is 16.0 Å². The van der Waals surface area contributed by atoms with Crippen LogP contribution < -0.4 is 15.1 Å². The molecule has 0 fully saturated rings. The normalized spacial score (nSPS) is 11.4. The van der Waals surface area contributed by atoms with Crippen molar-refractivity contribution in [1.82, 2.24) is 5.27 Å². The first kappa shape index (κ1) is 14.7. The summed E-state index contributed by atoms with van der Waals surface area (Å²) in [7, 11) is 0. The second-order valence-corrected chi connectivity index (χ2v) is 4.78. The van der Waals surface area contributed by atoms with Crippen LogP contribution in [0, 0.1) is 5.82 Å². The van der Waals surface area contributed by atoms with Gasteiger partial charge in [-0.25, -0.2) is 9.38 Å². The van der Waals surface area contributed by atoms with Gasteiger partial charge in [-0.1, -0.05) is 30.3 Å². The molecule has 3 rings (SSSR count). The van der Waals surface area contributed by atoms with E-state index >= 15 is 0 Å². The zero-order chi connectivity index (χ0) is 16.1. The molecular weight excluding hydrogens is 299 g/mol. The molecule has 0 atom stereocenters. The van der Waals surface area contributed by atoms with E-state index in [-0.39, 0.29) is 11.7 Å². The Labute approximate surface area is 131 Å². The molecule has 0 saturated carbocycles.